The quantitative estimate of drug-likeness (QED) is 0.0271. The average molecular weight is 910 g/mol. The summed E-state index contributed by atoms with van der Waals surface area (Å²) in [5, 5.41) is 2.77. The van der Waals surface area contributed by atoms with E-state index < -0.39 is 18.1 Å². The van der Waals surface area contributed by atoms with Crippen LogP contribution >= 0.6 is 12.6 Å². The Balaban J connectivity index is 4.60. The van der Waals surface area contributed by atoms with Gasteiger partial charge in [0.2, 0.25) is 5.91 Å². The van der Waals surface area contributed by atoms with Crippen LogP contribution in [0.1, 0.15) is 290 Å². The topological polar surface area (TPSA) is 108 Å². The monoisotopic (exact) mass is 910 g/mol. The predicted molar refractivity (Wildman–Crippen MR) is 269 cm³/mol. The lowest BCUT2D eigenvalue weighted by molar-refractivity contribution is -0.167. The third kappa shape index (κ3) is 45.2. The number of ether oxygens (including phenoxy) is 3. The van der Waals surface area contributed by atoms with Gasteiger partial charge in [-0.05, 0) is 19.3 Å². The molecule has 372 valence electrons. The van der Waals surface area contributed by atoms with Gasteiger partial charge in [-0.2, -0.15) is 12.6 Å². The minimum absolute atomic E-state index is 0.0841. The smallest absolute Gasteiger partial charge is 0.329 e. The fourth-order valence-corrected chi connectivity index (χ4v) is 8.46. The third-order valence-electron chi connectivity index (χ3n) is 12.4. The van der Waals surface area contributed by atoms with Gasteiger partial charge in [-0.3, -0.25) is 14.4 Å². The van der Waals surface area contributed by atoms with E-state index in [1.165, 1.54) is 193 Å². The maximum atomic E-state index is 13.1. The Morgan fingerprint density at radius 3 is 1.00 bits per heavy atom. The summed E-state index contributed by atoms with van der Waals surface area (Å²) in [6.45, 7) is 6.34. The fourth-order valence-electron chi connectivity index (χ4n) is 8.22. The van der Waals surface area contributed by atoms with Crippen molar-refractivity contribution in [3.05, 3.63) is 0 Å². The number of carbonyl (C=O) groups excluding carboxylic acids is 4. The van der Waals surface area contributed by atoms with Crippen LogP contribution in [0.5, 0.6) is 0 Å². The zero-order valence-electron chi connectivity index (χ0n) is 41.8. The Morgan fingerprint density at radius 2 is 0.667 bits per heavy atom. The van der Waals surface area contributed by atoms with Gasteiger partial charge in [-0.25, -0.2) is 4.79 Å². The number of thiol groups is 1. The molecule has 1 N–H and O–H groups in total. The van der Waals surface area contributed by atoms with E-state index in [4.69, 9.17) is 14.2 Å². The van der Waals surface area contributed by atoms with Gasteiger partial charge in [0, 0.05) is 25.0 Å². The highest BCUT2D eigenvalue weighted by Gasteiger charge is 2.24. The lowest BCUT2D eigenvalue weighted by atomic mass is 10.0. The number of hydrogen-bond donors (Lipinski definition) is 2. The van der Waals surface area contributed by atoms with E-state index in [0.29, 0.717) is 12.8 Å². The van der Waals surface area contributed by atoms with E-state index in [-0.39, 0.29) is 43.2 Å². The van der Waals surface area contributed by atoms with Gasteiger partial charge in [0.1, 0.15) is 19.3 Å². The van der Waals surface area contributed by atoms with E-state index in [1.54, 1.807) is 0 Å². The first-order valence-corrected chi connectivity index (χ1v) is 27.9. The second kappa shape index (κ2) is 49.7. The van der Waals surface area contributed by atoms with Gasteiger partial charge in [-0.15, -0.1) is 0 Å². The van der Waals surface area contributed by atoms with Crippen LogP contribution in [0.3, 0.4) is 0 Å². The molecule has 0 unspecified atom stereocenters. The van der Waals surface area contributed by atoms with Crippen molar-refractivity contribution in [3.63, 3.8) is 0 Å². The molecule has 0 aliphatic heterocycles. The second-order valence-electron chi connectivity index (χ2n) is 18.7. The summed E-state index contributed by atoms with van der Waals surface area (Å²) in [6, 6.07) is -0.914. The molecule has 0 rings (SSSR count). The van der Waals surface area contributed by atoms with Crippen molar-refractivity contribution in [1.82, 2.24) is 5.32 Å². The molecule has 0 saturated carbocycles. The number of esters is 3. The van der Waals surface area contributed by atoms with Crippen LogP contribution in [-0.2, 0) is 33.4 Å². The minimum atomic E-state index is -0.916. The molecular weight excluding hydrogens is 807 g/mol. The summed E-state index contributed by atoms with van der Waals surface area (Å²) in [7, 11) is 0. The molecule has 0 bridgehead atoms. The Kier molecular flexibility index (Phi) is 48.3. The highest BCUT2D eigenvalue weighted by atomic mass is 32.1. The molecule has 0 saturated heterocycles. The summed E-state index contributed by atoms with van der Waals surface area (Å²) in [6.07, 6.45) is 47.9. The molecule has 0 aromatic carbocycles. The molecule has 2 atom stereocenters. The molecule has 0 aromatic heterocycles. The van der Waals surface area contributed by atoms with Crippen molar-refractivity contribution in [2.24, 2.45) is 0 Å². The maximum absolute atomic E-state index is 13.1. The van der Waals surface area contributed by atoms with Crippen LogP contribution in [-0.4, -0.2) is 54.9 Å². The van der Waals surface area contributed by atoms with Crippen molar-refractivity contribution in [2.75, 3.05) is 19.0 Å². The summed E-state index contributed by atoms with van der Waals surface area (Å²) in [5.74, 6) is -1.48. The number of amides is 1. The highest BCUT2D eigenvalue weighted by molar-refractivity contribution is 7.80. The molecule has 0 fully saturated rings. The van der Waals surface area contributed by atoms with Crippen LogP contribution in [0, 0.1) is 0 Å². The summed E-state index contributed by atoms with van der Waals surface area (Å²) in [5.41, 5.74) is 0. The zero-order valence-corrected chi connectivity index (χ0v) is 42.7. The average Bonchev–Trinajstić information content (AvgIpc) is 3.28. The SMILES string of the molecule is CCCCCCCCCCCCCCCC(=O)N[C@@H](CS)C(=O)OC[C@@H](COC(=O)CCCCCCCCCCCCCCC)OC(=O)CCCCCCCCCCCCCCC. The van der Waals surface area contributed by atoms with E-state index in [2.05, 4.69) is 38.7 Å². The molecule has 0 heterocycles. The summed E-state index contributed by atoms with van der Waals surface area (Å²) in [4.78, 5) is 51.3. The first-order valence-electron chi connectivity index (χ1n) is 27.3. The Morgan fingerprint density at radius 1 is 0.381 bits per heavy atom. The number of nitrogens with one attached hydrogen (secondary N) is 1. The van der Waals surface area contributed by atoms with E-state index in [1.807, 2.05) is 0 Å². The van der Waals surface area contributed by atoms with E-state index in [0.717, 1.165) is 57.8 Å². The standard InChI is InChI=1S/C54H103NO7S/c1-4-7-10-13-16-19-22-25-28-31-34-37-40-43-51(56)55-50(48-63)54(59)61-47-49(62-53(58)45-42-39-36-33-30-27-24-21-18-15-12-9-6-3)46-60-52(57)44-41-38-35-32-29-26-23-20-17-14-11-8-5-2/h49-50,63H,4-48H2,1-3H3,(H,55,56)/t49-,50+/m1/s1. The van der Waals surface area contributed by atoms with Gasteiger partial charge < -0.3 is 19.5 Å². The summed E-state index contributed by atoms with van der Waals surface area (Å²) >= 11 is 4.30. The van der Waals surface area contributed by atoms with Gasteiger partial charge in [0.25, 0.3) is 0 Å². The van der Waals surface area contributed by atoms with Gasteiger partial charge in [0.15, 0.2) is 6.10 Å². The van der Waals surface area contributed by atoms with Crippen molar-refractivity contribution >= 4 is 36.4 Å². The van der Waals surface area contributed by atoms with Crippen LogP contribution in [0.2, 0.25) is 0 Å². The molecule has 0 aliphatic rings. The summed E-state index contributed by atoms with van der Waals surface area (Å²) < 4.78 is 16.8. The minimum Gasteiger partial charge on any atom is -0.462 e. The molecule has 8 nitrogen and oxygen atoms in total. The van der Waals surface area contributed by atoms with Crippen molar-refractivity contribution in [2.45, 2.75) is 303 Å². The first kappa shape index (κ1) is 61.2. The van der Waals surface area contributed by atoms with Crippen LogP contribution in [0.4, 0.5) is 0 Å². The van der Waals surface area contributed by atoms with Crippen molar-refractivity contribution < 1.29 is 33.4 Å². The van der Waals surface area contributed by atoms with E-state index >= 15 is 0 Å². The zero-order chi connectivity index (χ0) is 46.1. The van der Waals surface area contributed by atoms with Crippen LogP contribution in [0.25, 0.3) is 0 Å². The number of unbranched alkanes of at least 4 members (excludes halogenated alkanes) is 36. The molecule has 0 spiro atoms. The molecule has 63 heavy (non-hydrogen) atoms. The number of rotatable bonds is 50. The largest absolute Gasteiger partial charge is 0.462 e. The van der Waals surface area contributed by atoms with Crippen LogP contribution < -0.4 is 5.32 Å². The number of hydrogen-bond acceptors (Lipinski definition) is 8. The molecule has 0 radical (unpaired) electrons. The molecule has 0 aromatic rings. The Bertz CT molecular complexity index is 1030. The normalized spacial score (nSPS) is 12.3. The second-order valence-corrected chi connectivity index (χ2v) is 19.1. The maximum Gasteiger partial charge on any atom is 0.329 e. The van der Waals surface area contributed by atoms with Crippen molar-refractivity contribution in [3.8, 4) is 0 Å². The molecule has 1 amide bonds. The lowest BCUT2D eigenvalue weighted by Crippen LogP contribution is -2.44. The third-order valence-corrected chi connectivity index (χ3v) is 12.8. The molecule has 9 heteroatoms. The molecular formula is C54H103NO7S. The lowest BCUT2D eigenvalue weighted by Gasteiger charge is -2.20. The van der Waals surface area contributed by atoms with Gasteiger partial charge in [-0.1, -0.05) is 252 Å². The van der Waals surface area contributed by atoms with E-state index in [9.17, 15) is 19.2 Å². The predicted octanol–water partition coefficient (Wildman–Crippen LogP) is 15.8. The fraction of sp³-hybridized carbons (Fsp3) is 0.926. The van der Waals surface area contributed by atoms with Crippen LogP contribution in [0.15, 0.2) is 0 Å². The Hall–Kier alpha value is -1.77. The highest BCUT2D eigenvalue weighted by Crippen LogP contribution is 2.17. The van der Waals surface area contributed by atoms with Crippen molar-refractivity contribution in [1.29, 1.82) is 0 Å². The van der Waals surface area contributed by atoms with Gasteiger partial charge >= 0.3 is 17.9 Å². The van der Waals surface area contributed by atoms with Gasteiger partial charge in [0.05, 0.1) is 0 Å². The Labute approximate surface area is 395 Å². The molecule has 0 aliphatic carbocycles. The number of carbonyl (C=O) groups is 4. The first-order chi connectivity index (χ1) is 30.9.